The number of hydrogen-bond acceptors (Lipinski definition) is 7. The summed E-state index contributed by atoms with van der Waals surface area (Å²) in [6, 6.07) is 7.02. The molecule has 0 spiro atoms. The maximum Gasteiger partial charge on any atom is 0.257 e. The highest BCUT2D eigenvalue weighted by Gasteiger charge is 2.13. The molecule has 28 heavy (non-hydrogen) atoms. The van der Waals surface area contributed by atoms with E-state index in [2.05, 4.69) is 20.5 Å². The first-order valence-corrected chi connectivity index (χ1v) is 9.22. The summed E-state index contributed by atoms with van der Waals surface area (Å²) in [4.78, 5) is 19.2. The summed E-state index contributed by atoms with van der Waals surface area (Å²) in [5.41, 5.74) is 1.80. The van der Waals surface area contributed by atoms with Gasteiger partial charge in [-0.2, -0.15) is 0 Å². The van der Waals surface area contributed by atoms with Crippen molar-refractivity contribution in [3.8, 4) is 11.5 Å². The molecule has 150 valence electrons. The summed E-state index contributed by atoms with van der Waals surface area (Å²) in [6.45, 7) is 5.16. The summed E-state index contributed by atoms with van der Waals surface area (Å²) in [5.74, 6) is 0.922. The van der Waals surface area contributed by atoms with E-state index in [9.17, 15) is 4.79 Å². The molecule has 0 bridgehead atoms. The molecule has 2 N–H and O–H groups in total. The lowest BCUT2D eigenvalue weighted by Gasteiger charge is -2.26. The number of amides is 1. The SMILES string of the molecule is COc1ccc(OC)c(NC(=O)c2cncc(NCCN3CCOCC3)c2)c1. The lowest BCUT2D eigenvalue weighted by atomic mass is 10.2. The van der Waals surface area contributed by atoms with E-state index in [1.807, 2.05) is 0 Å². The van der Waals surface area contributed by atoms with Crippen LogP contribution in [-0.2, 0) is 4.74 Å². The van der Waals surface area contributed by atoms with Gasteiger partial charge in [0.15, 0.2) is 0 Å². The van der Waals surface area contributed by atoms with Crippen molar-refractivity contribution in [2.45, 2.75) is 0 Å². The van der Waals surface area contributed by atoms with Crippen LogP contribution in [0, 0.1) is 0 Å². The van der Waals surface area contributed by atoms with E-state index in [4.69, 9.17) is 14.2 Å². The maximum absolute atomic E-state index is 12.7. The lowest BCUT2D eigenvalue weighted by Crippen LogP contribution is -2.39. The smallest absolute Gasteiger partial charge is 0.257 e. The number of carbonyl (C=O) groups excluding carboxylic acids is 1. The van der Waals surface area contributed by atoms with Crippen molar-refractivity contribution in [1.82, 2.24) is 9.88 Å². The number of ether oxygens (including phenoxy) is 3. The van der Waals surface area contributed by atoms with E-state index < -0.39 is 0 Å². The van der Waals surface area contributed by atoms with Crippen LogP contribution in [-0.4, -0.2) is 69.4 Å². The number of hydrogen-bond donors (Lipinski definition) is 2. The fraction of sp³-hybridized carbons (Fsp3) is 0.400. The van der Waals surface area contributed by atoms with Gasteiger partial charge in [-0.3, -0.25) is 14.7 Å². The van der Waals surface area contributed by atoms with Gasteiger partial charge in [0.05, 0.1) is 44.4 Å². The Morgan fingerprint density at radius 2 is 2.00 bits per heavy atom. The minimum atomic E-state index is -0.268. The Kier molecular flexibility index (Phi) is 7.05. The normalized spacial score (nSPS) is 14.4. The van der Waals surface area contributed by atoms with Crippen LogP contribution in [0.25, 0.3) is 0 Å². The predicted molar refractivity (Wildman–Crippen MR) is 107 cm³/mol. The largest absolute Gasteiger partial charge is 0.497 e. The Morgan fingerprint density at radius 1 is 1.18 bits per heavy atom. The molecular formula is C20H26N4O4. The van der Waals surface area contributed by atoms with Crippen LogP contribution in [0.5, 0.6) is 11.5 Å². The second kappa shape index (κ2) is 9.91. The van der Waals surface area contributed by atoms with Gasteiger partial charge in [0, 0.05) is 44.6 Å². The quantitative estimate of drug-likeness (QED) is 0.719. The average molecular weight is 386 g/mol. The summed E-state index contributed by atoms with van der Waals surface area (Å²) < 4.78 is 15.9. The van der Waals surface area contributed by atoms with Crippen LogP contribution in [0.15, 0.2) is 36.7 Å². The van der Waals surface area contributed by atoms with E-state index in [1.165, 1.54) is 6.20 Å². The van der Waals surface area contributed by atoms with Gasteiger partial charge in [-0.25, -0.2) is 0 Å². The Bertz CT molecular complexity index is 794. The van der Waals surface area contributed by atoms with Gasteiger partial charge in [0.25, 0.3) is 5.91 Å². The van der Waals surface area contributed by atoms with Gasteiger partial charge in [-0.05, 0) is 18.2 Å². The third kappa shape index (κ3) is 5.34. The van der Waals surface area contributed by atoms with Gasteiger partial charge in [0.2, 0.25) is 0 Å². The first-order valence-electron chi connectivity index (χ1n) is 9.22. The molecule has 1 aromatic heterocycles. The second-order valence-electron chi connectivity index (χ2n) is 6.36. The summed E-state index contributed by atoms with van der Waals surface area (Å²) in [5, 5.41) is 6.18. The van der Waals surface area contributed by atoms with Gasteiger partial charge in [-0.1, -0.05) is 0 Å². The molecule has 8 heteroatoms. The number of anilines is 2. The Labute approximate surface area is 164 Å². The average Bonchev–Trinajstić information content (AvgIpc) is 2.74. The molecule has 1 fully saturated rings. The summed E-state index contributed by atoms with van der Waals surface area (Å²) in [6.07, 6.45) is 3.25. The van der Waals surface area contributed by atoms with Crippen LogP contribution in [0.1, 0.15) is 10.4 Å². The Hall–Kier alpha value is -2.84. The van der Waals surface area contributed by atoms with Crippen molar-refractivity contribution >= 4 is 17.3 Å². The topological polar surface area (TPSA) is 85.0 Å². The fourth-order valence-corrected chi connectivity index (χ4v) is 2.95. The van der Waals surface area contributed by atoms with Crippen molar-refractivity contribution in [2.75, 3.05) is 64.2 Å². The van der Waals surface area contributed by atoms with E-state index in [-0.39, 0.29) is 5.91 Å². The number of aromatic nitrogens is 1. The first-order chi connectivity index (χ1) is 13.7. The molecule has 0 saturated carbocycles. The molecule has 1 amide bonds. The maximum atomic E-state index is 12.7. The highest BCUT2D eigenvalue weighted by molar-refractivity contribution is 6.05. The van der Waals surface area contributed by atoms with Crippen molar-refractivity contribution in [1.29, 1.82) is 0 Å². The van der Waals surface area contributed by atoms with E-state index in [0.717, 1.165) is 45.1 Å². The van der Waals surface area contributed by atoms with Crippen molar-refractivity contribution < 1.29 is 19.0 Å². The zero-order valence-electron chi connectivity index (χ0n) is 16.2. The van der Waals surface area contributed by atoms with Gasteiger partial charge in [0.1, 0.15) is 11.5 Å². The van der Waals surface area contributed by atoms with Crippen LogP contribution in [0.2, 0.25) is 0 Å². The fourth-order valence-electron chi connectivity index (χ4n) is 2.95. The van der Waals surface area contributed by atoms with E-state index in [1.54, 1.807) is 44.7 Å². The number of benzene rings is 1. The molecule has 2 aromatic rings. The molecule has 1 aliphatic heterocycles. The second-order valence-corrected chi connectivity index (χ2v) is 6.36. The number of rotatable bonds is 8. The molecule has 1 aliphatic rings. The van der Waals surface area contributed by atoms with Gasteiger partial charge >= 0.3 is 0 Å². The van der Waals surface area contributed by atoms with Crippen molar-refractivity contribution in [3.05, 3.63) is 42.2 Å². The standard InChI is InChI=1S/C20H26N4O4/c1-26-17-3-4-19(27-2)18(12-17)23-20(25)15-11-16(14-21-13-15)22-5-6-24-7-9-28-10-8-24/h3-4,11-14,22H,5-10H2,1-2H3,(H,23,25). The number of nitrogens with zero attached hydrogens (tertiary/aromatic N) is 2. The minimum absolute atomic E-state index is 0.268. The van der Waals surface area contributed by atoms with E-state index >= 15 is 0 Å². The van der Waals surface area contributed by atoms with Crippen molar-refractivity contribution in [3.63, 3.8) is 0 Å². The predicted octanol–water partition coefficient (Wildman–Crippen LogP) is 2.10. The Morgan fingerprint density at radius 3 is 2.75 bits per heavy atom. The first kappa shape index (κ1) is 19.9. The molecule has 1 aromatic carbocycles. The zero-order chi connectivity index (χ0) is 19.8. The molecule has 3 rings (SSSR count). The number of pyridine rings is 1. The zero-order valence-corrected chi connectivity index (χ0v) is 16.2. The third-order valence-electron chi connectivity index (χ3n) is 4.52. The molecule has 0 atom stereocenters. The molecule has 0 aliphatic carbocycles. The molecule has 8 nitrogen and oxygen atoms in total. The minimum Gasteiger partial charge on any atom is -0.497 e. The molecule has 2 heterocycles. The summed E-state index contributed by atoms with van der Waals surface area (Å²) >= 11 is 0. The van der Waals surface area contributed by atoms with Crippen LogP contribution >= 0.6 is 0 Å². The van der Waals surface area contributed by atoms with Gasteiger partial charge in [-0.15, -0.1) is 0 Å². The Balaban J connectivity index is 1.60. The summed E-state index contributed by atoms with van der Waals surface area (Å²) in [7, 11) is 3.13. The lowest BCUT2D eigenvalue weighted by molar-refractivity contribution is 0.0398. The van der Waals surface area contributed by atoms with Crippen molar-refractivity contribution in [2.24, 2.45) is 0 Å². The van der Waals surface area contributed by atoms with Crippen LogP contribution in [0.4, 0.5) is 11.4 Å². The molecule has 1 saturated heterocycles. The third-order valence-corrected chi connectivity index (χ3v) is 4.52. The number of carbonyl (C=O) groups is 1. The van der Waals surface area contributed by atoms with E-state index in [0.29, 0.717) is 22.7 Å². The number of nitrogens with one attached hydrogen (secondary N) is 2. The highest BCUT2D eigenvalue weighted by Crippen LogP contribution is 2.29. The monoisotopic (exact) mass is 386 g/mol. The number of methoxy groups -OCH3 is 2. The van der Waals surface area contributed by atoms with Gasteiger partial charge < -0.3 is 24.8 Å². The highest BCUT2D eigenvalue weighted by atomic mass is 16.5. The molecule has 0 radical (unpaired) electrons. The number of morpholine rings is 1. The van der Waals surface area contributed by atoms with Crippen LogP contribution in [0.3, 0.4) is 0 Å². The molecular weight excluding hydrogens is 360 g/mol. The van der Waals surface area contributed by atoms with Crippen LogP contribution < -0.4 is 20.1 Å². The molecule has 0 unspecified atom stereocenters.